The molecule has 1 N–H and O–H groups in total. The van der Waals surface area contributed by atoms with E-state index in [9.17, 15) is 5.11 Å². The third kappa shape index (κ3) is 2.56. The number of aryl methyl sites for hydroxylation is 1. The van der Waals surface area contributed by atoms with Crippen molar-refractivity contribution in [3.8, 4) is 0 Å². The monoisotopic (exact) mass is 289 g/mol. The first kappa shape index (κ1) is 12.8. The molecule has 0 saturated carbocycles. The zero-order chi connectivity index (χ0) is 13.5. The van der Waals surface area contributed by atoms with E-state index < -0.39 is 5.60 Å². The van der Waals surface area contributed by atoms with Crippen LogP contribution in [-0.4, -0.2) is 10.1 Å². The summed E-state index contributed by atoms with van der Waals surface area (Å²) in [5, 5.41) is 15.0. The fourth-order valence-corrected chi connectivity index (χ4v) is 3.90. The lowest BCUT2D eigenvalue weighted by molar-refractivity contribution is 0.0607. The van der Waals surface area contributed by atoms with Gasteiger partial charge in [0.15, 0.2) is 0 Å². The minimum Gasteiger partial charge on any atom is -0.384 e. The summed E-state index contributed by atoms with van der Waals surface area (Å²) in [6, 6.07) is 10.3. The smallest absolute Gasteiger partial charge is 0.102 e. The quantitative estimate of drug-likeness (QED) is 0.787. The van der Waals surface area contributed by atoms with Crippen LogP contribution in [-0.2, 0) is 12.0 Å². The number of hydrogen-bond acceptors (Lipinski definition) is 4. The molecule has 0 aliphatic heterocycles. The summed E-state index contributed by atoms with van der Waals surface area (Å²) in [7, 11) is 0. The Balaban J connectivity index is 1.94. The van der Waals surface area contributed by atoms with E-state index in [0.29, 0.717) is 6.42 Å². The Hall–Kier alpha value is -1.23. The van der Waals surface area contributed by atoms with Gasteiger partial charge in [-0.05, 0) is 31.4 Å². The molecule has 0 spiro atoms. The molecular weight excluding hydrogens is 274 g/mol. The summed E-state index contributed by atoms with van der Waals surface area (Å²) < 4.78 is 1.22. The van der Waals surface area contributed by atoms with E-state index in [0.717, 1.165) is 15.6 Å². The highest BCUT2D eigenvalue weighted by molar-refractivity contribution is 7.19. The second-order valence-corrected chi connectivity index (χ2v) is 7.10. The molecule has 0 bridgehead atoms. The molecule has 3 aromatic rings. The van der Waals surface area contributed by atoms with Gasteiger partial charge in [-0.2, -0.15) is 0 Å². The van der Waals surface area contributed by atoms with Gasteiger partial charge in [0.2, 0.25) is 0 Å². The van der Waals surface area contributed by atoms with Crippen LogP contribution in [0.4, 0.5) is 0 Å². The summed E-state index contributed by atoms with van der Waals surface area (Å²) >= 11 is 3.28. The van der Waals surface area contributed by atoms with Crippen molar-refractivity contribution in [3.63, 3.8) is 0 Å². The van der Waals surface area contributed by atoms with E-state index in [1.165, 1.54) is 10.1 Å². The van der Waals surface area contributed by atoms with Crippen LogP contribution < -0.4 is 0 Å². The molecule has 1 aromatic carbocycles. The third-order valence-corrected chi connectivity index (χ3v) is 5.34. The summed E-state index contributed by atoms with van der Waals surface area (Å²) in [4.78, 5) is 5.44. The minimum atomic E-state index is -0.857. The van der Waals surface area contributed by atoms with Crippen molar-refractivity contribution >= 4 is 32.8 Å². The maximum atomic E-state index is 10.7. The average Bonchev–Trinajstić information content (AvgIpc) is 2.95. The summed E-state index contributed by atoms with van der Waals surface area (Å²) in [6.45, 7) is 3.86. The zero-order valence-corrected chi connectivity index (χ0v) is 12.5. The highest BCUT2D eigenvalue weighted by Gasteiger charge is 2.26. The molecule has 0 radical (unpaired) electrons. The molecule has 19 heavy (non-hydrogen) atoms. The van der Waals surface area contributed by atoms with Crippen LogP contribution in [0, 0.1) is 6.92 Å². The number of rotatable bonds is 3. The number of aliphatic hydroxyl groups is 1. The van der Waals surface area contributed by atoms with Gasteiger partial charge in [0, 0.05) is 21.4 Å². The Bertz CT molecular complexity index is 679. The molecule has 4 heteroatoms. The van der Waals surface area contributed by atoms with E-state index in [4.69, 9.17) is 0 Å². The fourth-order valence-electron chi connectivity index (χ4n) is 2.18. The number of benzene rings is 1. The van der Waals surface area contributed by atoms with E-state index in [-0.39, 0.29) is 0 Å². The second-order valence-electron chi connectivity index (χ2n) is 4.96. The first-order chi connectivity index (χ1) is 9.04. The number of thiazole rings is 1. The number of nitrogens with zero attached hydrogens (tertiary/aromatic N) is 1. The van der Waals surface area contributed by atoms with Crippen LogP contribution in [0.25, 0.3) is 10.1 Å². The predicted molar refractivity (Wildman–Crippen MR) is 82.0 cm³/mol. The Morgan fingerprint density at radius 3 is 2.79 bits per heavy atom. The molecule has 0 aliphatic carbocycles. The maximum absolute atomic E-state index is 10.7. The lowest BCUT2D eigenvalue weighted by atomic mass is 9.98. The number of thiophene rings is 1. The first-order valence-corrected chi connectivity index (χ1v) is 7.87. The van der Waals surface area contributed by atoms with Crippen LogP contribution in [0.3, 0.4) is 0 Å². The number of fused-ring (bicyclic) bond motifs is 1. The molecule has 2 aromatic heterocycles. The lowest BCUT2D eigenvalue weighted by Gasteiger charge is -2.20. The SMILES string of the molecule is Cc1nc(CC(C)(O)c2cc3ccccc3s2)cs1. The van der Waals surface area contributed by atoms with Crippen LogP contribution in [0.15, 0.2) is 35.7 Å². The summed E-state index contributed by atoms with van der Waals surface area (Å²) in [6.07, 6.45) is 0.560. The van der Waals surface area contributed by atoms with E-state index in [2.05, 4.69) is 23.2 Å². The van der Waals surface area contributed by atoms with Crippen molar-refractivity contribution in [1.29, 1.82) is 0 Å². The van der Waals surface area contributed by atoms with Crippen LogP contribution >= 0.6 is 22.7 Å². The van der Waals surface area contributed by atoms with Crippen LogP contribution in [0.1, 0.15) is 22.5 Å². The molecular formula is C15H15NOS2. The first-order valence-electron chi connectivity index (χ1n) is 6.17. The molecule has 0 aliphatic rings. The molecule has 3 rings (SSSR count). The van der Waals surface area contributed by atoms with Crippen molar-refractivity contribution in [2.75, 3.05) is 0 Å². The summed E-state index contributed by atoms with van der Waals surface area (Å²) in [5.74, 6) is 0. The Labute approximate surface area is 120 Å². The predicted octanol–water partition coefficient (Wildman–Crippen LogP) is 4.12. The number of aromatic nitrogens is 1. The molecule has 2 heterocycles. The van der Waals surface area contributed by atoms with Crippen molar-refractivity contribution in [2.24, 2.45) is 0 Å². The fraction of sp³-hybridized carbons (Fsp3) is 0.267. The minimum absolute atomic E-state index is 0.560. The van der Waals surface area contributed by atoms with Gasteiger partial charge >= 0.3 is 0 Å². The maximum Gasteiger partial charge on any atom is 0.102 e. The normalized spacial score (nSPS) is 14.7. The van der Waals surface area contributed by atoms with Gasteiger partial charge < -0.3 is 5.11 Å². The van der Waals surface area contributed by atoms with Crippen LogP contribution in [0.5, 0.6) is 0 Å². The van der Waals surface area contributed by atoms with Gasteiger partial charge in [-0.1, -0.05) is 18.2 Å². The molecule has 0 amide bonds. The van der Waals surface area contributed by atoms with E-state index in [1.807, 2.05) is 31.4 Å². The average molecular weight is 289 g/mol. The molecule has 1 atom stereocenters. The van der Waals surface area contributed by atoms with Crippen LogP contribution in [0.2, 0.25) is 0 Å². The Morgan fingerprint density at radius 2 is 2.11 bits per heavy atom. The molecule has 98 valence electrons. The van der Waals surface area contributed by atoms with Crippen molar-refractivity contribution < 1.29 is 5.11 Å². The van der Waals surface area contributed by atoms with Crippen molar-refractivity contribution in [3.05, 3.63) is 51.3 Å². The van der Waals surface area contributed by atoms with Gasteiger partial charge in [0.25, 0.3) is 0 Å². The van der Waals surface area contributed by atoms with Gasteiger partial charge in [-0.15, -0.1) is 22.7 Å². The van der Waals surface area contributed by atoms with Gasteiger partial charge in [0.1, 0.15) is 5.60 Å². The van der Waals surface area contributed by atoms with Crippen molar-refractivity contribution in [2.45, 2.75) is 25.9 Å². The largest absolute Gasteiger partial charge is 0.384 e. The van der Waals surface area contributed by atoms with E-state index in [1.54, 1.807) is 22.7 Å². The van der Waals surface area contributed by atoms with Crippen molar-refractivity contribution in [1.82, 2.24) is 4.98 Å². The standard InChI is InChI=1S/C15H15NOS2/c1-10-16-12(9-18-10)8-15(2,17)14-7-11-5-3-4-6-13(11)19-14/h3-7,9,17H,8H2,1-2H3. The molecule has 0 saturated heterocycles. The lowest BCUT2D eigenvalue weighted by Crippen LogP contribution is -2.23. The Kier molecular flexibility index (Phi) is 3.17. The van der Waals surface area contributed by atoms with Gasteiger partial charge in [-0.3, -0.25) is 0 Å². The third-order valence-electron chi connectivity index (χ3n) is 3.15. The highest BCUT2D eigenvalue weighted by Crippen LogP contribution is 2.35. The molecule has 1 unspecified atom stereocenters. The van der Waals surface area contributed by atoms with Gasteiger partial charge in [0.05, 0.1) is 10.7 Å². The van der Waals surface area contributed by atoms with E-state index >= 15 is 0 Å². The summed E-state index contributed by atoms with van der Waals surface area (Å²) in [5.41, 5.74) is 0.106. The zero-order valence-electron chi connectivity index (χ0n) is 10.9. The Morgan fingerprint density at radius 1 is 1.32 bits per heavy atom. The topological polar surface area (TPSA) is 33.1 Å². The highest BCUT2D eigenvalue weighted by atomic mass is 32.1. The molecule has 2 nitrogen and oxygen atoms in total. The number of hydrogen-bond donors (Lipinski definition) is 1. The second kappa shape index (κ2) is 4.71. The van der Waals surface area contributed by atoms with Gasteiger partial charge in [-0.25, -0.2) is 4.98 Å². The molecule has 0 fully saturated rings.